The van der Waals surface area contributed by atoms with Gasteiger partial charge in [0, 0.05) is 12.5 Å². The quantitative estimate of drug-likeness (QED) is 0.580. The van der Waals surface area contributed by atoms with Crippen molar-refractivity contribution >= 4 is 5.78 Å². The molecule has 0 heterocycles. The molecule has 0 amide bonds. The molecule has 0 saturated heterocycles. The van der Waals surface area contributed by atoms with Gasteiger partial charge in [-0.2, -0.15) is 13.2 Å². The molecule has 0 unspecified atom stereocenters. The summed E-state index contributed by atoms with van der Waals surface area (Å²) in [5, 5.41) is 0. The zero-order chi connectivity index (χ0) is 13.6. The predicted octanol–water partition coefficient (Wildman–Crippen LogP) is 3.51. The van der Waals surface area contributed by atoms with Crippen LogP contribution in [-0.2, 0) is 4.79 Å². The second-order valence-electron chi connectivity index (χ2n) is 3.68. The van der Waals surface area contributed by atoms with Crippen LogP contribution in [0.2, 0.25) is 0 Å². The molecule has 0 aliphatic rings. The first-order valence-corrected chi connectivity index (χ1v) is 5.38. The zero-order valence-electron chi connectivity index (χ0n) is 9.47. The minimum absolute atomic E-state index is 0.0909. The normalized spacial score (nSPS) is 11.3. The van der Waals surface area contributed by atoms with E-state index in [9.17, 15) is 22.4 Å². The average Bonchev–Trinajstić information content (AvgIpc) is 2.27. The number of alkyl halides is 3. The Morgan fingerprint density at radius 3 is 2.56 bits per heavy atom. The third-order valence-electron chi connectivity index (χ3n) is 2.18. The van der Waals surface area contributed by atoms with E-state index >= 15 is 0 Å². The monoisotopic (exact) mass is 264 g/mol. The molecule has 0 saturated carbocycles. The van der Waals surface area contributed by atoms with Crippen LogP contribution in [0.15, 0.2) is 24.3 Å². The zero-order valence-corrected chi connectivity index (χ0v) is 9.47. The first-order valence-electron chi connectivity index (χ1n) is 5.38. The SMILES string of the molecule is O=C(CCCCOc1cccc(F)c1)C(F)(F)F. The Labute approximate surface area is 102 Å². The topological polar surface area (TPSA) is 26.3 Å². The van der Waals surface area contributed by atoms with Crippen molar-refractivity contribution in [1.29, 1.82) is 0 Å². The number of ketones is 1. The molecular formula is C12H12F4O2. The van der Waals surface area contributed by atoms with Crippen molar-refractivity contribution in [2.75, 3.05) is 6.61 Å². The molecule has 0 spiro atoms. The highest BCUT2D eigenvalue weighted by Crippen LogP contribution is 2.19. The highest BCUT2D eigenvalue weighted by atomic mass is 19.4. The van der Waals surface area contributed by atoms with E-state index in [4.69, 9.17) is 4.74 Å². The number of hydrogen-bond donors (Lipinski definition) is 0. The molecule has 1 rings (SSSR count). The van der Waals surface area contributed by atoms with Gasteiger partial charge in [0.05, 0.1) is 6.61 Å². The number of benzene rings is 1. The lowest BCUT2D eigenvalue weighted by molar-refractivity contribution is -0.171. The van der Waals surface area contributed by atoms with Gasteiger partial charge in [0.1, 0.15) is 11.6 Å². The second kappa shape index (κ2) is 6.37. The highest BCUT2D eigenvalue weighted by Gasteiger charge is 2.36. The van der Waals surface area contributed by atoms with E-state index in [1.807, 2.05) is 0 Å². The summed E-state index contributed by atoms with van der Waals surface area (Å²) in [6, 6.07) is 5.46. The molecule has 6 heteroatoms. The molecule has 18 heavy (non-hydrogen) atoms. The summed E-state index contributed by atoms with van der Waals surface area (Å²) < 4.78 is 53.4. The second-order valence-corrected chi connectivity index (χ2v) is 3.68. The molecule has 1 aromatic rings. The third kappa shape index (κ3) is 5.16. The predicted molar refractivity (Wildman–Crippen MR) is 56.8 cm³/mol. The van der Waals surface area contributed by atoms with Crippen molar-refractivity contribution in [1.82, 2.24) is 0 Å². The molecule has 2 nitrogen and oxygen atoms in total. The van der Waals surface area contributed by atoms with Crippen molar-refractivity contribution < 1.29 is 27.1 Å². The van der Waals surface area contributed by atoms with E-state index in [0.717, 1.165) is 0 Å². The third-order valence-corrected chi connectivity index (χ3v) is 2.18. The molecule has 0 atom stereocenters. The number of halogens is 4. The fourth-order valence-electron chi connectivity index (χ4n) is 1.28. The number of carbonyl (C=O) groups is 1. The van der Waals surface area contributed by atoms with Crippen LogP contribution in [0.5, 0.6) is 5.75 Å². The Balaban J connectivity index is 2.18. The van der Waals surface area contributed by atoms with Gasteiger partial charge in [-0.15, -0.1) is 0 Å². The summed E-state index contributed by atoms with van der Waals surface area (Å²) in [4.78, 5) is 10.5. The summed E-state index contributed by atoms with van der Waals surface area (Å²) in [7, 11) is 0. The maximum atomic E-state index is 12.7. The van der Waals surface area contributed by atoms with E-state index in [0.29, 0.717) is 12.2 Å². The molecule has 0 fully saturated rings. The van der Waals surface area contributed by atoms with Crippen LogP contribution < -0.4 is 4.74 Å². The van der Waals surface area contributed by atoms with Crippen molar-refractivity contribution in [3.05, 3.63) is 30.1 Å². The van der Waals surface area contributed by atoms with Crippen LogP contribution in [-0.4, -0.2) is 18.6 Å². The highest BCUT2D eigenvalue weighted by molar-refractivity contribution is 5.83. The summed E-state index contributed by atoms with van der Waals surface area (Å²) in [5.74, 6) is -1.86. The lowest BCUT2D eigenvalue weighted by atomic mass is 10.2. The molecule has 0 aliphatic heterocycles. The molecule has 0 N–H and O–H groups in total. The van der Waals surface area contributed by atoms with Gasteiger partial charge in [-0.05, 0) is 25.0 Å². The fourth-order valence-corrected chi connectivity index (χ4v) is 1.28. The van der Waals surface area contributed by atoms with Crippen molar-refractivity contribution in [2.45, 2.75) is 25.4 Å². The van der Waals surface area contributed by atoms with Crippen LogP contribution >= 0.6 is 0 Å². The Hall–Kier alpha value is -1.59. The Morgan fingerprint density at radius 2 is 1.94 bits per heavy atom. The first-order chi connectivity index (χ1) is 8.39. The van der Waals surface area contributed by atoms with Crippen LogP contribution in [0, 0.1) is 5.82 Å². The minimum atomic E-state index is -4.76. The smallest absolute Gasteiger partial charge is 0.449 e. The van der Waals surface area contributed by atoms with E-state index in [-0.39, 0.29) is 13.0 Å². The maximum Gasteiger partial charge on any atom is 0.449 e. The lowest BCUT2D eigenvalue weighted by Crippen LogP contribution is -2.22. The summed E-state index contributed by atoms with van der Waals surface area (Å²) in [6.45, 7) is 0.147. The number of carbonyl (C=O) groups excluding carboxylic acids is 1. The lowest BCUT2D eigenvalue weighted by Gasteiger charge is -2.07. The van der Waals surface area contributed by atoms with E-state index in [1.165, 1.54) is 18.2 Å². The number of rotatable bonds is 6. The number of unbranched alkanes of at least 4 members (excludes halogenated alkanes) is 1. The molecule has 0 aromatic heterocycles. The number of Topliss-reactive ketones (excluding diaryl/α,β-unsaturated/α-hetero) is 1. The average molecular weight is 264 g/mol. The van der Waals surface area contributed by atoms with Gasteiger partial charge in [0.2, 0.25) is 5.78 Å². The Bertz CT molecular complexity index is 401. The van der Waals surface area contributed by atoms with Crippen LogP contribution in [0.3, 0.4) is 0 Å². The van der Waals surface area contributed by atoms with Gasteiger partial charge in [0.25, 0.3) is 0 Å². The van der Waals surface area contributed by atoms with Crippen LogP contribution in [0.1, 0.15) is 19.3 Å². The largest absolute Gasteiger partial charge is 0.493 e. The molecule has 0 radical (unpaired) electrons. The van der Waals surface area contributed by atoms with Gasteiger partial charge >= 0.3 is 6.18 Å². The molecule has 0 bridgehead atoms. The first kappa shape index (κ1) is 14.5. The molecule has 1 aromatic carbocycles. The standard InChI is InChI=1S/C12H12F4O2/c13-9-4-3-5-10(8-9)18-7-2-1-6-11(17)12(14,15)16/h3-5,8H,1-2,6-7H2. The van der Waals surface area contributed by atoms with Gasteiger partial charge in [-0.3, -0.25) is 4.79 Å². The van der Waals surface area contributed by atoms with E-state index < -0.39 is 24.2 Å². The van der Waals surface area contributed by atoms with Gasteiger partial charge in [0.15, 0.2) is 0 Å². The molecule has 0 aliphatic carbocycles. The maximum absolute atomic E-state index is 12.7. The van der Waals surface area contributed by atoms with Crippen molar-refractivity contribution in [3.63, 3.8) is 0 Å². The van der Waals surface area contributed by atoms with Crippen LogP contribution in [0.25, 0.3) is 0 Å². The number of hydrogen-bond acceptors (Lipinski definition) is 2. The summed E-state index contributed by atoms with van der Waals surface area (Å²) in [6.07, 6.45) is -4.91. The summed E-state index contributed by atoms with van der Waals surface area (Å²) in [5.41, 5.74) is 0. The van der Waals surface area contributed by atoms with Gasteiger partial charge in [-0.1, -0.05) is 6.07 Å². The van der Waals surface area contributed by atoms with Crippen LogP contribution in [0.4, 0.5) is 17.6 Å². The molecular weight excluding hydrogens is 252 g/mol. The van der Waals surface area contributed by atoms with Crippen molar-refractivity contribution in [3.8, 4) is 5.75 Å². The van der Waals surface area contributed by atoms with Gasteiger partial charge < -0.3 is 4.74 Å². The van der Waals surface area contributed by atoms with Gasteiger partial charge in [-0.25, -0.2) is 4.39 Å². The summed E-state index contributed by atoms with van der Waals surface area (Å²) >= 11 is 0. The number of ether oxygens (including phenoxy) is 1. The van der Waals surface area contributed by atoms with E-state index in [1.54, 1.807) is 6.07 Å². The van der Waals surface area contributed by atoms with Crippen molar-refractivity contribution in [2.24, 2.45) is 0 Å². The molecule has 100 valence electrons. The minimum Gasteiger partial charge on any atom is -0.493 e. The Kier molecular flexibility index (Phi) is 5.12. The Morgan fingerprint density at radius 1 is 1.22 bits per heavy atom. The van der Waals surface area contributed by atoms with E-state index in [2.05, 4.69) is 0 Å². The fraction of sp³-hybridized carbons (Fsp3) is 0.417.